The van der Waals surface area contributed by atoms with E-state index < -0.39 is 26.5 Å². The van der Waals surface area contributed by atoms with E-state index in [-0.39, 0.29) is 32.0 Å². The van der Waals surface area contributed by atoms with Crippen molar-refractivity contribution in [3.63, 3.8) is 0 Å². The van der Waals surface area contributed by atoms with Crippen molar-refractivity contribution in [2.75, 3.05) is 47.5 Å². The number of hydrogen-bond donors (Lipinski definition) is 0. The number of carbonyl (C=O) groups excluding carboxylic acids is 2. The van der Waals surface area contributed by atoms with Gasteiger partial charge in [0, 0.05) is 12.8 Å². The van der Waals surface area contributed by atoms with Crippen LogP contribution in [0, 0.1) is 0 Å². The third-order valence-corrected chi connectivity index (χ3v) is 12.8. The number of nitrogens with zero attached hydrogens (tertiary/aromatic N) is 1. The lowest BCUT2D eigenvalue weighted by Crippen LogP contribution is -2.37. The van der Waals surface area contributed by atoms with E-state index >= 15 is 0 Å². The van der Waals surface area contributed by atoms with E-state index in [0.717, 1.165) is 51.4 Å². The molecule has 0 bridgehead atoms. The quantitative estimate of drug-likeness (QED) is 0.0195. The smallest absolute Gasteiger partial charge is 0.306 e. The van der Waals surface area contributed by atoms with Crippen LogP contribution in [-0.2, 0) is 32.7 Å². The molecule has 0 saturated carbocycles. The number of quaternary nitrogens is 1. The summed E-state index contributed by atoms with van der Waals surface area (Å²) in [4.78, 5) is 37.8. The molecule has 0 N–H and O–H groups in total. The number of phosphoric acid groups is 1. The molecule has 0 radical (unpaired) electrons. The Morgan fingerprint density at radius 1 is 0.477 bits per heavy atom. The second kappa shape index (κ2) is 47.3. The van der Waals surface area contributed by atoms with E-state index in [4.69, 9.17) is 18.5 Å². The molecule has 9 nitrogen and oxygen atoms in total. The van der Waals surface area contributed by atoms with Gasteiger partial charge >= 0.3 is 11.9 Å². The second-order valence-electron chi connectivity index (χ2n) is 19.6. The Morgan fingerprint density at radius 3 is 1.25 bits per heavy atom. The van der Waals surface area contributed by atoms with Gasteiger partial charge in [0.05, 0.1) is 27.7 Å². The summed E-state index contributed by atoms with van der Waals surface area (Å²) in [6, 6.07) is 0. The topological polar surface area (TPSA) is 111 Å². The highest BCUT2D eigenvalue weighted by atomic mass is 31.2. The highest BCUT2D eigenvalue weighted by molar-refractivity contribution is 7.45. The van der Waals surface area contributed by atoms with Crippen molar-refractivity contribution < 1.29 is 42.1 Å². The summed E-state index contributed by atoms with van der Waals surface area (Å²) in [7, 11) is 1.17. The third-order valence-electron chi connectivity index (χ3n) is 11.9. The largest absolute Gasteiger partial charge is 0.756 e. The Morgan fingerprint density at radius 2 is 0.831 bits per heavy atom. The molecule has 2 unspecified atom stereocenters. The minimum absolute atomic E-state index is 0.0321. The zero-order valence-electron chi connectivity index (χ0n) is 43.2. The van der Waals surface area contributed by atoms with Gasteiger partial charge in [-0.15, -0.1) is 0 Å². The Balaban J connectivity index is 4.20. The molecule has 0 aromatic carbocycles. The molecular formula is C55H104NO8P. The molecule has 0 fully saturated rings. The summed E-state index contributed by atoms with van der Waals surface area (Å²) in [5.41, 5.74) is 0. The van der Waals surface area contributed by atoms with Gasteiger partial charge in [0.25, 0.3) is 7.82 Å². The molecule has 0 aromatic heterocycles. The molecule has 0 amide bonds. The van der Waals surface area contributed by atoms with Crippen molar-refractivity contribution in [1.82, 2.24) is 0 Å². The lowest BCUT2D eigenvalue weighted by atomic mass is 10.0. The Labute approximate surface area is 401 Å². The molecule has 0 aliphatic rings. The molecule has 0 aliphatic carbocycles. The van der Waals surface area contributed by atoms with Crippen molar-refractivity contribution in [1.29, 1.82) is 0 Å². The summed E-state index contributed by atoms with van der Waals surface area (Å²) in [6.45, 7) is 4.24. The number of likely N-dealkylation sites (N-methyl/N-ethyl adjacent to an activating group) is 1. The van der Waals surface area contributed by atoms with Crippen LogP contribution >= 0.6 is 7.82 Å². The van der Waals surface area contributed by atoms with Crippen molar-refractivity contribution in [2.24, 2.45) is 0 Å². The van der Waals surface area contributed by atoms with Gasteiger partial charge in [-0.1, -0.05) is 204 Å². The van der Waals surface area contributed by atoms with Crippen LogP contribution in [0.2, 0.25) is 0 Å². The van der Waals surface area contributed by atoms with Gasteiger partial charge in [-0.2, -0.15) is 0 Å². The molecule has 0 aromatic rings. The molecule has 0 aliphatic heterocycles. The second-order valence-corrected chi connectivity index (χ2v) is 21.0. The van der Waals surface area contributed by atoms with Gasteiger partial charge in [-0.3, -0.25) is 14.2 Å². The Kier molecular flexibility index (Phi) is 46.0. The van der Waals surface area contributed by atoms with E-state index in [2.05, 4.69) is 50.3 Å². The zero-order chi connectivity index (χ0) is 47.8. The minimum atomic E-state index is -4.63. The Bertz CT molecular complexity index is 1200. The standard InChI is InChI=1S/C55H104NO8P/c1-6-8-10-12-14-16-18-20-22-24-26-27-28-29-30-32-33-35-37-39-41-43-45-47-54(57)61-51-53(52-63-65(59,60)62-50-49-56(3,4)5)64-55(58)48-46-44-42-40-38-36-34-31-25-23-21-19-17-15-13-11-9-7-2/h17,19,23-26,53H,6-16,18,20-22,27-52H2,1-5H3/b19-17-,25-23-,26-24-. The molecule has 0 heterocycles. The van der Waals surface area contributed by atoms with Crippen molar-refractivity contribution in [3.8, 4) is 0 Å². The number of carbonyl (C=O) groups is 2. The number of phosphoric ester groups is 1. The molecule has 10 heteroatoms. The first-order valence-electron chi connectivity index (χ1n) is 27.2. The predicted molar refractivity (Wildman–Crippen MR) is 273 cm³/mol. The van der Waals surface area contributed by atoms with Crippen LogP contribution in [0.1, 0.15) is 251 Å². The molecule has 65 heavy (non-hydrogen) atoms. The number of rotatable bonds is 50. The van der Waals surface area contributed by atoms with Crippen molar-refractivity contribution >= 4 is 19.8 Å². The number of ether oxygens (including phenoxy) is 2. The van der Waals surface area contributed by atoms with E-state index in [1.54, 1.807) is 0 Å². The van der Waals surface area contributed by atoms with E-state index in [1.807, 2.05) is 21.1 Å². The van der Waals surface area contributed by atoms with Crippen LogP contribution in [-0.4, -0.2) is 70.0 Å². The SMILES string of the molecule is CCCCCC/C=C\C/C=C\CCCCCCCCCC(=O)OC(COC(=O)CCCCCCCCCCCCC/C=C\CCCCCCCCCC)COP(=O)([O-])OCC[N+](C)(C)C. The average molecular weight is 938 g/mol. The maximum atomic E-state index is 12.7. The summed E-state index contributed by atoms with van der Waals surface area (Å²) < 4.78 is 34.1. The summed E-state index contributed by atoms with van der Waals surface area (Å²) in [5.74, 6) is -0.835. The predicted octanol–water partition coefficient (Wildman–Crippen LogP) is 15.8. The van der Waals surface area contributed by atoms with Crippen molar-refractivity contribution in [3.05, 3.63) is 36.5 Å². The average Bonchev–Trinajstić information content (AvgIpc) is 3.26. The maximum absolute atomic E-state index is 12.7. The molecule has 0 saturated heterocycles. The normalized spacial score (nSPS) is 13.6. The number of unbranched alkanes of at least 4 members (excludes halogenated alkanes) is 30. The van der Waals surface area contributed by atoms with Gasteiger partial charge in [-0.25, -0.2) is 0 Å². The first-order valence-corrected chi connectivity index (χ1v) is 28.7. The van der Waals surface area contributed by atoms with E-state index in [9.17, 15) is 19.0 Å². The van der Waals surface area contributed by atoms with Gasteiger partial charge in [0.15, 0.2) is 6.10 Å². The number of hydrogen-bond acceptors (Lipinski definition) is 8. The molecule has 382 valence electrons. The van der Waals surface area contributed by atoms with Crippen molar-refractivity contribution in [2.45, 2.75) is 258 Å². The van der Waals surface area contributed by atoms with Crippen LogP contribution in [0.3, 0.4) is 0 Å². The van der Waals surface area contributed by atoms with Crippen LogP contribution in [0.4, 0.5) is 0 Å². The van der Waals surface area contributed by atoms with Crippen LogP contribution in [0.5, 0.6) is 0 Å². The highest BCUT2D eigenvalue weighted by Crippen LogP contribution is 2.38. The zero-order valence-corrected chi connectivity index (χ0v) is 44.1. The first-order chi connectivity index (χ1) is 31.5. The lowest BCUT2D eigenvalue weighted by Gasteiger charge is -2.28. The maximum Gasteiger partial charge on any atom is 0.306 e. The van der Waals surface area contributed by atoms with Crippen LogP contribution in [0.15, 0.2) is 36.5 Å². The Hall–Kier alpha value is -1.77. The number of allylic oxidation sites excluding steroid dienone is 6. The van der Waals surface area contributed by atoms with Crippen LogP contribution < -0.4 is 4.89 Å². The van der Waals surface area contributed by atoms with Crippen LogP contribution in [0.25, 0.3) is 0 Å². The first kappa shape index (κ1) is 63.2. The molecule has 0 spiro atoms. The van der Waals surface area contributed by atoms with Gasteiger partial charge in [0.1, 0.15) is 19.8 Å². The van der Waals surface area contributed by atoms with E-state index in [1.165, 1.54) is 167 Å². The highest BCUT2D eigenvalue weighted by Gasteiger charge is 2.21. The fourth-order valence-electron chi connectivity index (χ4n) is 7.62. The third kappa shape index (κ3) is 51.5. The fraction of sp³-hybridized carbons (Fsp3) is 0.855. The summed E-state index contributed by atoms with van der Waals surface area (Å²) in [6.07, 6.45) is 56.0. The molecule has 2 atom stereocenters. The van der Waals surface area contributed by atoms with Gasteiger partial charge in [0.2, 0.25) is 0 Å². The number of esters is 2. The molecular weight excluding hydrogens is 834 g/mol. The summed E-state index contributed by atoms with van der Waals surface area (Å²) in [5, 5.41) is 0. The molecule has 0 rings (SSSR count). The van der Waals surface area contributed by atoms with E-state index in [0.29, 0.717) is 17.4 Å². The minimum Gasteiger partial charge on any atom is -0.756 e. The summed E-state index contributed by atoms with van der Waals surface area (Å²) >= 11 is 0. The monoisotopic (exact) mass is 938 g/mol. The van der Waals surface area contributed by atoms with Gasteiger partial charge in [-0.05, 0) is 70.6 Å². The van der Waals surface area contributed by atoms with Gasteiger partial charge < -0.3 is 27.9 Å². The fourth-order valence-corrected chi connectivity index (χ4v) is 8.35. The lowest BCUT2D eigenvalue weighted by molar-refractivity contribution is -0.870.